The van der Waals surface area contributed by atoms with Gasteiger partial charge in [0.05, 0.1) is 0 Å². The Balaban J connectivity index is 0.689. The van der Waals surface area contributed by atoms with Crippen molar-refractivity contribution in [3.05, 3.63) is 299 Å². The van der Waals surface area contributed by atoms with Gasteiger partial charge in [0, 0.05) is 16.2 Å². The molecule has 0 unspecified atom stereocenters. The van der Waals surface area contributed by atoms with Crippen LogP contribution in [-0.4, -0.2) is 0 Å². The fourth-order valence-corrected chi connectivity index (χ4v) is 14.4. The summed E-state index contributed by atoms with van der Waals surface area (Å²) in [6.45, 7) is 18.8. The number of hydrogen-bond donors (Lipinski definition) is 0. The molecule has 0 saturated carbocycles. The molecule has 398 valence electrons. The largest absolute Gasteiger partial charge is 0.0616 e. The predicted molar refractivity (Wildman–Crippen MR) is 352 cm³/mol. The molecular weight excluding hydrogens is 997 g/mol. The van der Waals surface area contributed by atoms with E-state index in [9.17, 15) is 0 Å². The van der Waals surface area contributed by atoms with E-state index in [1.807, 2.05) is 0 Å². The molecule has 12 aromatic rings. The molecule has 0 N–H and O–H groups in total. The van der Waals surface area contributed by atoms with Gasteiger partial charge in [0.2, 0.25) is 0 Å². The van der Waals surface area contributed by atoms with Gasteiger partial charge in [-0.25, -0.2) is 0 Å². The first-order valence-corrected chi connectivity index (χ1v) is 29.6. The second-order valence-corrected chi connectivity index (χ2v) is 25.4. The summed E-state index contributed by atoms with van der Waals surface area (Å²) in [5.74, 6) is 0. The van der Waals surface area contributed by atoms with Gasteiger partial charge in [-0.15, -0.1) is 0 Å². The van der Waals surface area contributed by atoms with Crippen molar-refractivity contribution >= 4 is 0 Å². The fourth-order valence-electron chi connectivity index (χ4n) is 14.4. The van der Waals surface area contributed by atoms with Gasteiger partial charge in [-0.05, 0) is 206 Å². The lowest BCUT2D eigenvalue weighted by molar-refractivity contribution is 0.659. The molecule has 0 nitrogen and oxygen atoms in total. The molecular formula is C83H66. The van der Waals surface area contributed by atoms with E-state index in [2.05, 4.69) is 310 Å². The molecule has 0 radical (unpaired) electrons. The van der Waals surface area contributed by atoms with Gasteiger partial charge in [-0.2, -0.15) is 0 Å². The lowest BCUT2D eigenvalue weighted by atomic mass is 9.79. The summed E-state index contributed by atoms with van der Waals surface area (Å²) in [6.07, 6.45) is 0. The minimum atomic E-state index is -0.180. The molecule has 3 aliphatic rings. The van der Waals surface area contributed by atoms with Gasteiger partial charge >= 0.3 is 0 Å². The van der Waals surface area contributed by atoms with Crippen LogP contribution in [0, 0.1) is 13.8 Å². The van der Waals surface area contributed by atoms with Crippen molar-refractivity contribution < 1.29 is 0 Å². The number of aryl methyl sites for hydroxylation is 2. The van der Waals surface area contributed by atoms with Crippen LogP contribution in [0.4, 0.5) is 0 Å². The normalized spacial score (nSPS) is 14.3. The highest BCUT2D eigenvalue weighted by molar-refractivity contribution is 5.93. The summed E-state index contributed by atoms with van der Waals surface area (Å²) < 4.78 is 0. The van der Waals surface area contributed by atoms with Crippen LogP contribution in [0.2, 0.25) is 0 Å². The highest BCUT2D eigenvalue weighted by Gasteiger charge is 2.39. The Morgan fingerprint density at radius 3 is 0.602 bits per heavy atom. The molecule has 0 atom stereocenters. The Morgan fingerprint density at radius 2 is 0.349 bits per heavy atom. The summed E-state index contributed by atoms with van der Waals surface area (Å²) in [5.41, 5.74) is 38.3. The third-order valence-corrected chi connectivity index (χ3v) is 19.3. The number of rotatable bonds is 8. The van der Waals surface area contributed by atoms with E-state index in [1.54, 1.807) is 0 Å². The minimum absolute atomic E-state index is 0.175. The van der Waals surface area contributed by atoms with E-state index in [-0.39, 0.29) is 16.2 Å². The fraction of sp³-hybridized carbons (Fsp3) is 0.133. The summed E-state index contributed by atoms with van der Waals surface area (Å²) in [4.78, 5) is 0. The van der Waals surface area contributed by atoms with Crippen molar-refractivity contribution in [3.63, 3.8) is 0 Å². The quantitative estimate of drug-likeness (QED) is 0.142. The average Bonchev–Trinajstić information content (AvgIpc) is 3.55. The highest BCUT2D eigenvalue weighted by Crippen LogP contribution is 2.55. The smallest absolute Gasteiger partial charge is 0.0159 e. The molecule has 0 heteroatoms. The van der Waals surface area contributed by atoms with Gasteiger partial charge in [-0.3, -0.25) is 0 Å². The van der Waals surface area contributed by atoms with Gasteiger partial charge in [0.15, 0.2) is 0 Å². The van der Waals surface area contributed by atoms with E-state index in [4.69, 9.17) is 0 Å². The van der Waals surface area contributed by atoms with Crippen molar-refractivity contribution in [2.45, 2.75) is 71.6 Å². The lowest BCUT2D eigenvalue weighted by Gasteiger charge is -2.24. The maximum atomic E-state index is 2.48. The third kappa shape index (κ3) is 8.17. The Hall–Kier alpha value is -9.36. The van der Waals surface area contributed by atoms with E-state index >= 15 is 0 Å². The summed E-state index contributed by atoms with van der Waals surface area (Å²) in [5, 5.41) is 0. The second kappa shape index (κ2) is 18.8. The standard InChI is InChI=1S/C83H66/c1-51-17-21-53(22-18-51)55-25-29-57(30-26-55)65-13-9-11-15-67(65)63-37-43-73-71-41-35-61(47-77(71)82(5,6)79(73)49-63)59-33-39-69-70-40-34-60(46-76(70)81(3,4)75(69)45-59)62-36-42-72-74-44-38-64(50-80(74)83(7,8)78(72)48-62)68-16-12-10-14-66(68)58-31-27-56(28-32-58)54-23-19-52(2)20-24-54/h9-50H,1-8H3. The van der Waals surface area contributed by atoms with Gasteiger partial charge in [0.1, 0.15) is 0 Å². The molecule has 3 aliphatic carbocycles. The molecule has 0 fully saturated rings. The molecule has 0 amide bonds. The molecule has 0 saturated heterocycles. The van der Waals surface area contributed by atoms with E-state index < -0.39 is 0 Å². The molecule has 0 heterocycles. The van der Waals surface area contributed by atoms with Crippen molar-refractivity contribution in [2.24, 2.45) is 0 Å². The van der Waals surface area contributed by atoms with Crippen LogP contribution in [0.15, 0.2) is 255 Å². The predicted octanol–water partition coefficient (Wildman–Crippen LogP) is 22.6. The van der Waals surface area contributed by atoms with E-state index in [1.165, 1.54) is 167 Å². The molecule has 12 aromatic carbocycles. The van der Waals surface area contributed by atoms with Crippen LogP contribution in [0.3, 0.4) is 0 Å². The van der Waals surface area contributed by atoms with Crippen LogP contribution in [0.5, 0.6) is 0 Å². The maximum Gasteiger partial charge on any atom is 0.0159 e. The van der Waals surface area contributed by atoms with Crippen LogP contribution >= 0.6 is 0 Å². The summed E-state index contributed by atoms with van der Waals surface area (Å²) >= 11 is 0. The zero-order valence-electron chi connectivity index (χ0n) is 48.7. The number of fused-ring (bicyclic) bond motifs is 9. The Bertz CT molecular complexity index is 4300. The SMILES string of the molecule is Cc1ccc(-c2ccc(-c3ccccc3-c3ccc4c(c3)C(C)(C)c3cc(-c5ccc6c(c5)C(C)(C)c5cc(-c7ccc8c(c7)C(C)(C)c7cc(-c9ccccc9-c9ccc(-c%10ccc(C)cc%10)cc9)ccc7-8)ccc5-6)ccc3-4)cc2)cc1. The molecule has 0 spiro atoms. The first-order valence-electron chi connectivity index (χ1n) is 29.6. The molecule has 0 aromatic heterocycles. The minimum Gasteiger partial charge on any atom is -0.0616 e. The highest BCUT2D eigenvalue weighted by atomic mass is 14.4. The van der Waals surface area contributed by atoms with Crippen LogP contribution in [0.1, 0.15) is 86.1 Å². The zero-order chi connectivity index (χ0) is 56.5. The molecule has 83 heavy (non-hydrogen) atoms. The first kappa shape index (κ1) is 50.6. The van der Waals surface area contributed by atoms with Crippen LogP contribution in [-0.2, 0) is 16.2 Å². The maximum absolute atomic E-state index is 2.48. The zero-order valence-corrected chi connectivity index (χ0v) is 48.7. The molecule has 0 aliphatic heterocycles. The van der Waals surface area contributed by atoms with E-state index in [0.717, 1.165) is 0 Å². The van der Waals surface area contributed by atoms with Gasteiger partial charge in [0.25, 0.3) is 0 Å². The Morgan fingerprint density at radius 1 is 0.169 bits per heavy atom. The third-order valence-electron chi connectivity index (χ3n) is 19.3. The summed E-state index contributed by atoms with van der Waals surface area (Å²) in [6, 6.07) is 96.7. The van der Waals surface area contributed by atoms with E-state index in [0.29, 0.717) is 0 Å². The monoisotopic (exact) mass is 1060 g/mol. The van der Waals surface area contributed by atoms with Crippen LogP contribution in [0.25, 0.3) is 122 Å². The van der Waals surface area contributed by atoms with Crippen molar-refractivity contribution in [2.75, 3.05) is 0 Å². The lowest BCUT2D eigenvalue weighted by Crippen LogP contribution is -2.16. The van der Waals surface area contributed by atoms with Crippen molar-refractivity contribution in [3.8, 4) is 122 Å². The van der Waals surface area contributed by atoms with Gasteiger partial charge in [-0.1, -0.05) is 271 Å². The molecule has 15 rings (SSSR count). The molecule has 0 bridgehead atoms. The Kier molecular flexibility index (Phi) is 11.5. The number of hydrogen-bond acceptors (Lipinski definition) is 0. The average molecular weight is 1060 g/mol. The topological polar surface area (TPSA) is 0 Å². The van der Waals surface area contributed by atoms with Crippen molar-refractivity contribution in [1.29, 1.82) is 0 Å². The Labute approximate surface area is 490 Å². The first-order chi connectivity index (χ1) is 40.2. The second-order valence-electron chi connectivity index (χ2n) is 25.4. The van der Waals surface area contributed by atoms with Gasteiger partial charge < -0.3 is 0 Å². The number of benzene rings is 12. The summed E-state index contributed by atoms with van der Waals surface area (Å²) in [7, 11) is 0. The van der Waals surface area contributed by atoms with Crippen LogP contribution < -0.4 is 0 Å². The van der Waals surface area contributed by atoms with Crippen molar-refractivity contribution in [1.82, 2.24) is 0 Å².